The summed E-state index contributed by atoms with van der Waals surface area (Å²) in [5.41, 5.74) is 0.424. The van der Waals surface area contributed by atoms with E-state index >= 15 is 0 Å². The van der Waals surface area contributed by atoms with E-state index in [1.54, 1.807) is 12.1 Å². The number of hydrogen-bond acceptors (Lipinski definition) is 3. The van der Waals surface area contributed by atoms with E-state index in [2.05, 4.69) is 16.6 Å². The first kappa shape index (κ1) is 14.0. The Labute approximate surface area is 106 Å². The Balaban J connectivity index is 3.03. The highest BCUT2D eigenvalue weighted by Gasteiger charge is 2.18. The molecule has 0 saturated carbocycles. The number of ether oxygens (including phenoxy) is 2. The predicted molar refractivity (Wildman–Crippen MR) is 65.7 cm³/mol. The fraction of sp³-hybridized carbons (Fsp3) is 0.357. The first-order valence-corrected chi connectivity index (χ1v) is 5.62. The number of rotatable bonds is 3. The molecule has 0 aliphatic carbocycles. The van der Waals surface area contributed by atoms with Gasteiger partial charge in [-0.25, -0.2) is 9.18 Å². The minimum Gasteiger partial charge on any atom is -0.475 e. The maximum atomic E-state index is 13.7. The normalized spacial score (nSPS) is 11.1. The minimum absolute atomic E-state index is 0.0173. The Morgan fingerprint density at radius 1 is 1.50 bits per heavy atom. The SMILES string of the molecule is CCC#Cc1cccc(F)c1O[C@H](C)C(=O)OC. The molecule has 0 aromatic heterocycles. The summed E-state index contributed by atoms with van der Waals surface area (Å²) in [6.07, 6.45) is -0.225. The zero-order valence-corrected chi connectivity index (χ0v) is 10.6. The maximum Gasteiger partial charge on any atom is 0.346 e. The molecule has 0 heterocycles. The van der Waals surface area contributed by atoms with Gasteiger partial charge in [0, 0.05) is 6.42 Å². The molecule has 0 N–H and O–H groups in total. The van der Waals surface area contributed by atoms with E-state index in [9.17, 15) is 9.18 Å². The van der Waals surface area contributed by atoms with Crippen molar-refractivity contribution in [2.45, 2.75) is 26.4 Å². The summed E-state index contributed by atoms with van der Waals surface area (Å²) in [7, 11) is 1.25. The third kappa shape index (κ3) is 3.49. The van der Waals surface area contributed by atoms with E-state index in [-0.39, 0.29) is 5.75 Å². The second-order valence-corrected chi connectivity index (χ2v) is 3.56. The number of hydrogen-bond donors (Lipinski definition) is 0. The molecule has 3 nitrogen and oxygen atoms in total. The van der Waals surface area contributed by atoms with Gasteiger partial charge in [0.05, 0.1) is 12.7 Å². The van der Waals surface area contributed by atoms with Crippen molar-refractivity contribution >= 4 is 5.97 Å². The Morgan fingerprint density at radius 3 is 2.83 bits per heavy atom. The second-order valence-electron chi connectivity index (χ2n) is 3.56. The predicted octanol–water partition coefficient (Wildman–Crippen LogP) is 2.53. The first-order chi connectivity index (χ1) is 8.60. The largest absolute Gasteiger partial charge is 0.475 e. The van der Waals surface area contributed by atoms with E-state index in [0.717, 1.165) is 0 Å². The number of halogens is 1. The fourth-order valence-corrected chi connectivity index (χ4v) is 1.30. The average Bonchev–Trinajstić information content (AvgIpc) is 2.38. The molecule has 1 rings (SSSR count). The van der Waals surface area contributed by atoms with Crippen LogP contribution in [-0.2, 0) is 9.53 Å². The fourth-order valence-electron chi connectivity index (χ4n) is 1.30. The molecule has 0 unspecified atom stereocenters. The summed E-state index contributed by atoms with van der Waals surface area (Å²) in [6, 6.07) is 4.45. The number of carbonyl (C=O) groups is 1. The van der Waals surface area contributed by atoms with Crippen molar-refractivity contribution in [3.8, 4) is 17.6 Å². The number of carbonyl (C=O) groups excluding carboxylic acids is 1. The molecule has 96 valence electrons. The van der Waals surface area contributed by atoms with Crippen molar-refractivity contribution in [2.24, 2.45) is 0 Å². The molecular formula is C14H15FO3. The lowest BCUT2D eigenvalue weighted by Gasteiger charge is -2.14. The number of benzene rings is 1. The summed E-state index contributed by atoms with van der Waals surface area (Å²) in [4.78, 5) is 11.2. The molecular weight excluding hydrogens is 235 g/mol. The molecule has 4 heteroatoms. The van der Waals surface area contributed by atoms with Crippen molar-refractivity contribution in [3.05, 3.63) is 29.6 Å². The van der Waals surface area contributed by atoms with Gasteiger partial charge in [-0.15, -0.1) is 0 Å². The van der Waals surface area contributed by atoms with Crippen molar-refractivity contribution in [1.29, 1.82) is 0 Å². The summed E-state index contributed by atoms with van der Waals surface area (Å²) >= 11 is 0. The number of esters is 1. The van der Waals surface area contributed by atoms with E-state index in [4.69, 9.17) is 4.74 Å². The summed E-state index contributed by atoms with van der Waals surface area (Å²) in [6.45, 7) is 3.39. The van der Waals surface area contributed by atoms with Gasteiger partial charge in [0.2, 0.25) is 0 Å². The van der Waals surface area contributed by atoms with E-state index in [1.165, 1.54) is 20.1 Å². The topological polar surface area (TPSA) is 35.5 Å². The van der Waals surface area contributed by atoms with Gasteiger partial charge in [-0.1, -0.05) is 24.8 Å². The number of para-hydroxylation sites is 1. The molecule has 1 aromatic rings. The van der Waals surface area contributed by atoms with Crippen molar-refractivity contribution in [2.75, 3.05) is 7.11 Å². The van der Waals surface area contributed by atoms with Gasteiger partial charge in [0.15, 0.2) is 17.7 Å². The van der Waals surface area contributed by atoms with E-state index in [0.29, 0.717) is 12.0 Å². The molecule has 1 aromatic carbocycles. The summed E-state index contributed by atoms with van der Waals surface area (Å²) in [5.74, 6) is 4.51. The van der Waals surface area contributed by atoms with Crippen LogP contribution in [-0.4, -0.2) is 19.2 Å². The van der Waals surface area contributed by atoms with Gasteiger partial charge in [-0.2, -0.15) is 0 Å². The Hall–Kier alpha value is -2.02. The van der Waals surface area contributed by atoms with Gasteiger partial charge in [-0.05, 0) is 19.1 Å². The zero-order chi connectivity index (χ0) is 13.5. The highest BCUT2D eigenvalue weighted by atomic mass is 19.1. The molecule has 0 spiro atoms. The van der Waals surface area contributed by atoms with Crippen molar-refractivity contribution in [1.82, 2.24) is 0 Å². The Kier molecular flexibility index (Phi) is 5.19. The van der Waals surface area contributed by atoms with E-state index < -0.39 is 17.9 Å². The van der Waals surface area contributed by atoms with Crippen LogP contribution in [0.25, 0.3) is 0 Å². The van der Waals surface area contributed by atoms with Crippen LogP contribution in [0.4, 0.5) is 4.39 Å². The summed E-state index contributed by atoms with van der Waals surface area (Å²) in [5, 5.41) is 0. The lowest BCUT2D eigenvalue weighted by molar-refractivity contribution is -0.148. The highest BCUT2D eigenvalue weighted by Crippen LogP contribution is 2.23. The molecule has 0 fully saturated rings. The molecule has 0 radical (unpaired) electrons. The second kappa shape index (κ2) is 6.65. The third-order valence-corrected chi connectivity index (χ3v) is 2.19. The van der Waals surface area contributed by atoms with Gasteiger partial charge in [-0.3, -0.25) is 0 Å². The Morgan fingerprint density at radius 2 is 2.22 bits per heavy atom. The van der Waals surface area contributed by atoms with Crippen molar-refractivity contribution < 1.29 is 18.7 Å². The standard InChI is InChI=1S/C14H15FO3/c1-4-5-7-11-8-6-9-12(15)13(11)18-10(2)14(16)17-3/h6,8-10H,4H2,1-3H3/t10-/m1/s1. The van der Waals surface area contributed by atoms with Gasteiger partial charge >= 0.3 is 5.97 Å². The molecule has 1 atom stereocenters. The average molecular weight is 250 g/mol. The minimum atomic E-state index is -0.880. The van der Waals surface area contributed by atoms with Crippen LogP contribution in [0.3, 0.4) is 0 Å². The number of methoxy groups -OCH3 is 1. The highest BCUT2D eigenvalue weighted by molar-refractivity contribution is 5.74. The Bertz CT molecular complexity index is 486. The van der Waals surface area contributed by atoms with Crippen LogP contribution in [0.15, 0.2) is 18.2 Å². The lowest BCUT2D eigenvalue weighted by atomic mass is 10.2. The quantitative estimate of drug-likeness (QED) is 0.611. The summed E-state index contributed by atoms with van der Waals surface area (Å²) < 4.78 is 23.5. The molecule has 0 aliphatic heterocycles. The lowest BCUT2D eigenvalue weighted by Crippen LogP contribution is -2.25. The van der Waals surface area contributed by atoms with Crippen molar-refractivity contribution in [3.63, 3.8) is 0 Å². The molecule has 0 bridgehead atoms. The molecule has 0 saturated heterocycles. The first-order valence-electron chi connectivity index (χ1n) is 5.62. The van der Waals surface area contributed by atoms with Crippen LogP contribution in [0.1, 0.15) is 25.8 Å². The van der Waals surface area contributed by atoms with Gasteiger partial charge < -0.3 is 9.47 Å². The van der Waals surface area contributed by atoms with Crippen LogP contribution < -0.4 is 4.74 Å². The smallest absolute Gasteiger partial charge is 0.346 e. The van der Waals surface area contributed by atoms with Crippen LogP contribution >= 0.6 is 0 Å². The molecule has 18 heavy (non-hydrogen) atoms. The maximum absolute atomic E-state index is 13.7. The van der Waals surface area contributed by atoms with Gasteiger partial charge in [0.25, 0.3) is 0 Å². The van der Waals surface area contributed by atoms with E-state index in [1.807, 2.05) is 6.92 Å². The molecule has 0 amide bonds. The zero-order valence-electron chi connectivity index (χ0n) is 10.6. The third-order valence-electron chi connectivity index (χ3n) is 2.19. The van der Waals surface area contributed by atoms with Crippen LogP contribution in [0.5, 0.6) is 5.75 Å². The molecule has 0 aliphatic rings. The van der Waals surface area contributed by atoms with Crippen LogP contribution in [0, 0.1) is 17.7 Å². The monoisotopic (exact) mass is 250 g/mol. The van der Waals surface area contributed by atoms with Crippen LogP contribution in [0.2, 0.25) is 0 Å². The van der Waals surface area contributed by atoms with Gasteiger partial charge in [0.1, 0.15) is 0 Å².